The second kappa shape index (κ2) is 7.78. The van der Waals surface area contributed by atoms with Crippen molar-refractivity contribution in [3.63, 3.8) is 0 Å². The maximum atomic E-state index is 13.0. The topological polar surface area (TPSA) is 63.1 Å². The van der Waals surface area contributed by atoms with Crippen LogP contribution in [0.3, 0.4) is 0 Å². The molecule has 1 saturated carbocycles. The Kier molecular flexibility index (Phi) is 5.33. The highest BCUT2D eigenvalue weighted by Gasteiger charge is 2.32. The largest absolute Gasteiger partial charge is 0.416 e. The van der Waals surface area contributed by atoms with Crippen LogP contribution in [0.2, 0.25) is 0 Å². The molecule has 1 atom stereocenters. The zero-order valence-corrected chi connectivity index (χ0v) is 16.2. The van der Waals surface area contributed by atoms with E-state index >= 15 is 0 Å². The predicted octanol–water partition coefficient (Wildman–Crippen LogP) is 2.94. The fourth-order valence-electron chi connectivity index (χ4n) is 3.71. The number of nitrogens with one attached hydrogen (secondary N) is 1. The van der Waals surface area contributed by atoms with E-state index in [1.807, 2.05) is 11.5 Å². The van der Waals surface area contributed by atoms with Gasteiger partial charge in [-0.2, -0.15) is 13.2 Å². The molecule has 0 radical (unpaired) electrons. The van der Waals surface area contributed by atoms with Crippen LogP contribution in [0, 0.1) is 5.92 Å². The first-order chi connectivity index (χ1) is 13.8. The number of carbonyl (C=O) groups excluding carboxylic acids is 1. The molecule has 1 aliphatic heterocycles. The summed E-state index contributed by atoms with van der Waals surface area (Å²) in [5.74, 6) is 1.77. The Morgan fingerprint density at radius 2 is 2.03 bits per heavy atom. The molecule has 1 aromatic carbocycles. The Morgan fingerprint density at radius 3 is 2.76 bits per heavy atom. The van der Waals surface area contributed by atoms with E-state index in [2.05, 4.69) is 20.4 Å². The normalized spacial score (nSPS) is 18.8. The van der Waals surface area contributed by atoms with Crippen LogP contribution in [0.15, 0.2) is 24.3 Å². The van der Waals surface area contributed by atoms with E-state index < -0.39 is 11.7 Å². The average Bonchev–Trinajstić information content (AvgIpc) is 3.47. The van der Waals surface area contributed by atoms with E-state index in [4.69, 9.17) is 0 Å². The summed E-state index contributed by atoms with van der Waals surface area (Å²) in [4.78, 5) is 14.2. The first-order valence-electron chi connectivity index (χ1n) is 9.92. The lowest BCUT2D eigenvalue weighted by atomic mass is 10.1. The summed E-state index contributed by atoms with van der Waals surface area (Å²) in [7, 11) is 0. The van der Waals surface area contributed by atoms with Crippen molar-refractivity contribution >= 4 is 5.91 Å². The van der Waals surface area contributed by atoms with Crippen LogP contribution < -0.4 is 5.32 Å². The molecule has 0 bridgehead atoms. The third-order valence-electron chi connectivity index (χ3n) is 5.50. The van der Waals surface area contributed by atoms with Crippen LogP contribution in [0.1, 0.15) is 48.6 Å². The fourth-order valence-corrected chi connectivity index (χ4v) is 3.71. The molecule has 1 N–H and O–H groups in total. The van der Waals surface area contributed by atoms with E-state index in [-0.39, 0.29) is 17.9 Å². The van der Waals surface area contributed by atoms with Gasteiger partial charge < -0.3 is 9.88 Å². The molecule has 2 heterocycles. The first-order valence-corrected chi connectivity index (χ1v) is 9.92. The number of hydrogen-bond acceptors (Lipinski definition) is 4. The fraction of sp³-hybridized carbons (Fsp3) is 0.550. The molecule has 0 saturated heterocycles. The SMILES string of the molecule is C[C@H](NC(=O)C1CC1)c1nnc2n1CCN(Cc1cccc(C(F)(F)F)c1)CC2. The molecule has 4 rings (SSSR count). The number of hydrogen-bond donors (Lipinski definition) is 1. The number of amides is 1. The molecule has 1 aliphatic carbocycles. The Morgan fingerprint density at radius 1 is 1.24 bits per heavy atom. The van der Waals surface area contributed by atoms with E-state index in [1.54, 1.807) is 6.07 Å². The number of alkyl halides is 3. The van der Waals surface area contributed by atoms with Gasteiger partial charge in [-0.15, -0.1) is 10.2 Å². The molecule has 2 aliphatic rings. The monoisotopic (exact) mass is 407 g/mol. The van der Waals surface area contributed by atoms with Crippen molar-refractivity contribution in [3.8, 4) is 0 Å². The van der Waals surface area contributed by atoms with Crippen molar-refractivity contribution in [2.24, 2.45) is 5.92 Å². The molecule has 1 amide bonds. The van der Waals surface area contributed by atoms with Crippen molar-refractivity contribution in [2.45, 2.75) is 51.5 Å². The number of benzene rings is 1. The molecule has 1 aromatic heterocycles. The van der Waals surface area contributed by atoms with Crippen LogP contribution >= 0.6 is 0 Å². The minimum absolute atomic E-state index is 0.0645. The second-order valence-corrected chi connectivity index (χ2v) is 7.85. The van der Waals surface area contributed by atoms with Gasteiger partial charge in [-0.3, -0.25) is 9.69 Å². The van der Waals surface area contributed by atoms with Crippen LogP contribution in [0.5, 0.6) is 0 Å². The van der Waals surface area contributed by atoms with E-state index in [0.717, 1.165) is 30.6 Å². The summed E-state index contributed by atoms with van der Waals surface area (Å²) in [6.07, 6.45) is -1.78. The van der Waals surface area contributed by atoms with E-state index in [0.29, 0.717) is 38.2 Å². The highest BCUT2D eigenvalue weighted by Crippen LogP contribution is 2.31. The van der Waals surface area contributed by atoms with Gasteiger partial charge in [0.2, 0.25) is 5.91 Å². The minimum atomic E-state index is -4.33. The van der Waals surface area contributed by atoms with Crippen LogP contribution in [0.25, 0.3) is 0 Å². The molecule has 0 unspecified atom stereocenters. The summed E-state index contributed by atoms with van der Waals surface area (Å²) < 4.78 is 40.9. The molecular weight excluding hydrogens is 383 g/mol. The van der Waals surface area contributed by atoms with E-state index in [9.17, 15) is 18.0 Å². The van der Waals surface area contributed by atoms with Gasteiger partial charge >= 0.3 is 6.18 Å². The van der Waals surface area contributed by atoms with Gasteiger partial charge in [0.25, 0.3) is 0 Å². The third-order valence-corrected chi connectivity index (χ3v) is 5.50. The van der Waals surface area contributed by atoms with Crippen LogP contribution in [-0.4, -0.2) is 38.7 Å². The van der Waals surface area contributed by atoms with Gasteiger partial charge in [0.15, 0.2) is 5.82 Å². The smallest absolute Gasteiger partial charge is 0.346 e. The maximum absolute atomic E-state index is 13.0. The van der Waals surface area contributed by atoms with Gasteiger partial charge in [-0.1, -0.05) is 18.2 Å². The summed E-state index contributed by atoms with van der Waals surface area (Å²) in [5.41, 5.74) is 0.0206. The number of carbonyl (C=O) groups is 1. The second-order valence-electron chi connectivity index (χ2n) is 7.85. The molecule has 29 heavy (non-hydrogen) atoms. The predicted molar refractivity (Wildman–Crippen MR) is 99.7 cm³/mol. The number of aromatic nitrogens is 3. The summed E-state index contributed by atoms with van der Waals surface area (Å²) in [6, 6.07) is 5.26. The van der Waals surface area contributed by atoms with Gasteiger partial charge in [0, 0.05) is 38.5 Å². The van der Waals surface area contributed by atoms with Gasteiger partial charge in [-0.05, 0) is 31.4 Å². The zero-order chi connectivity index (χ0) is 20.6. The maximum Gasteiger partial charge on any atom is 0.416 e. The quantitative estimate of drug-likeness (QED) is 0.828. The molecular formula is C20H24F3N5O. The van der Waals surface area contributed by atoms with Crippen molar-refractivity contribution in [2.75, 3.05) is 13.1 Å². The lowest BCUT2D eigenvalue weighted by Crippen LogP contribution is -2.31. The van der Waals surface area contributed by atoms with E-state index in [1.165, 1.54) is 12.1 Å². The number of rotatable bonds is 5. The highest BCUT2D eigenvalue weighted by atomic mass is 19.4. The van der Waals surface area contributed by atoms with Crippen molar-refractivity contribution in [3.05, 3.63) is 47.0 Å². The van der Waals surface area contributed by atoms with Crippen molar-refractivity contribution in [1.29, 1.82) is 0 Å². The molecule has 9 heteroatoms. The molecule has 156 valence electrons. The van der Waals surface area contributed by atoms with Gasteiger partial charge in [-0.25, -0.2) is 0 Å². The Bertz CT molecular complexity index is 890. The summed E-state index contributed by atoms with van der Waals surface area (Å²) in [5, 5.41) is 11.6. The Balaban J connectivity index is 1.41. The molecule has 2 aromatic rings. The Labute approximate surface area is 167 Å². The van der Waals surface area contributed by atoms with Crippen molar-refractivity contribution < 1.29 is 18.0 Å². The zero-order valence-electron chi connectivity index (χ0n) is 16.2. The number of fused-ring (bicyclic) bond motifs is 1. The molecule has 6 nitrogen and oxygen atoms in total. The minimum Gasteiger partial charge on any atom is -0.346 e. The third kappa shape index (κ3) is 4.60. The van der Waals surface area contributed by atoms with Crippen molar-refractivity contribution in [1.82, 2.24) is 25.0 Å². The van der Waals surface area contributed by atoms with Crippen LogP contribution in [-0.2, 0) is 30.5 Å². The van der Waals surface area contributed by atoms with Gasteiger partial charge in [0.05, 0.1) is 11.6 Å². The molecule has 1 fully saturated rings. The average molecular weight is 407 g/mol. The van der Waals surface area contributed by atoms with Crippen LogP contribution in [0.4, 0.5) is 13.2 Å². The first kappa shape index (κ1) is 19.9. The summed E-state index contributed by atoms with van der Waals surface area (Å²) in [6.45, 7) is 4.36. The number of halogens is 3. The lowest BCUT2D eigenvalue weighted by molar-refractivity contribution is -0.137. The Hall–Kier alpha value is -2.42. The molecule has 0 spiro atoms. The lowest BCUT2D eigenvalue weighted by Gasteiger charge is -2.21. The number of nitrogens with zero attached hydrogens (tertiary/aromatic N) is 4. The highest BCUT2D eigenvalue weighted by molar-refractivity contribution is 5.81. The van der Waals surface area contributed by atoms with Gasteiger partial charge in [0.1, 0.15) is 5.82 Å². The summed E-state index contributed by atoms with van der Waals surface area (Å²) >= 11 is 0. The standard InChI is InChI=1S/C20H24F3N5O/c1-13(24-19(29)15-5-6-15)18-26-25-17-7-8-27(9-10-28(17)18)12-14-3-2-4-16(11-14)20(21,22)23/h2-4,11,13,15H,5-10,12H2,1H3,(H,24,29)/t13-/m0/s1.